The normalized spacial score (nSPS) is 12.6. The van der Waals surface area contributed by atoms with Crippen molar-refractivity contribution in [3.63, 3.8) is 0 Å². The van der Waals surface area contributed by atoms with Gasteiger partial charge in [0.2, 0.25) is 0 Å². The van der Waals surface area contributed by atoms with Crippen molar-refractivity contribution in [1.82, 2.24) is 5.32 Å². The molecule has 0 radical (unpaired) electrons. The maximum Gasteiger partial charge on any atom is 0.0701 e. The van der Waals surface area contributed by atoms with E-state index in [9.17, 15) is 0 Å². The monoisotopic (exact) mass is 267 g/mol. The lowest BCUT2D eigenvalue weighted by molar-refractivity contribution is 0.0197. The molecule has 4 nitrogen and oxygen atoms in total. The number of ether oxygens (including phenoxy) is 3. The standard InChI is InChI=1S/C15H25NO3/c1-13-6-4-5-7-14(13)15(16-2)12-19-11-10-18-9-8-17-3/h4-7,15-16H,8-12H2,1-3H3. The van der Waals surface area contributed by atoms with Crippen molar-refractivity contribution in [3.05, 3.63) is 35.4 Å². The summed E-state index contributed by atoms with van der Waals surface area (Å²) in [6.45, 7) is 5.22. The van der Waals surface area contributed by atoms with Gasteiger partial charge in [-0.2, -0.15) is 0 Å². The Morgan fingerprint density at radius 3 is 2.42 bits per heavy atom. The van der Waals surface area contributed by atoms with Crippen molar-refractivity contribution in [3.8, 4) is 0 Å². The Morgan fingerprint density at radius 2 is 1.74 bits per heavy atom. The molecule has 0 saturated carbocycles. The molecule has 0 aliphatic carbocycles. The third kappa shape index (κ3) is 6.16. The van der Waals surface area contributed by atoms with Crippen molar-refractivity contribution >= 4 is 0 Å². The van der Waals surface area contributed by atoms with E-state index in [2.05, 4.69) is 36.5 Å². The predicted octanol–water partition coefficient (Wildman–Crippen LogP) is 1.94. The maximum atomic E-state index is 5.65. The van der Waals surface area contributed by atoms with Gasteiger partial charge < -0.3 is 19.5 Å². The van der Waals surface area contributed by atoms with E-state index >= 15 is 0 Å². The fourth-order valence-electron chi connectivity index (χ4n) is 1.87. The number of nitrogens with one attached hydrogen (secondary N) is 1. The Labute approximate surface area is 116 Å². The van der Waals surface area contributed by atoms with E-state index < -0.39 is 0 Å². The highest BCUT2D eigenvalue weighted by atomic mass is 16.5. The van der Waals surface area contributed by atoms with Crippen LogP contribution in [0.2, 0.25) is 0 Å². The number of hydrogen-bond donors (Lipinski definition) is 1. The van der Waals surface area contributed by atoms with Crippen molar-refractivity contribution in [2.75, 3.05) is 47.2 Å². The summed E-state index contributed by atoms with van der Waals surface area (Å²) in [5, 5.41) is 3.28. The first-order chi connectivity index (χ1) is 9.29. The van der Waals surface area contributed by atoms with Crippen LogP contribution in [0.25, 0.3) is 0 Å². The van der Waals surface area contributed by atoms with Crippen molar-refractivity contribution < 1.29 is 14.2 Å². The summed E-state index contributed by atoms with van der Waals surface area (Å²) in [5.41, 5.74) is 2.56. The van der Waals surface area contributed by atoms with Crippen LogP contribution in [0, 0.1) is 6.92 Å². The molecule has 0 aromatic heterocycles. The summed E-state index contributed by atoms with van der Waals surface area (Å²) in [6.07, 6.45) is 0. The molecule has 0 aliphatic heterocycles. The van der Waals surface area contributed by atoms with Crippen LogP contribution in [0.15, 0.2) is 24.3 Å². The molecule has 0 heterocycles. The quantitative estimate of drug-likeness (QED) is 0.658. The topological polar surface area (TPSA) is 39.7 Å². The third-order valence-corrected chi connectivity index (χ3v) is 3.00. The Kier molecular flexibility index (Phi) is 8.41. The molecule has 1 atom stereocenters. The lowest BCUT2D eigenvalue weighted by Crippen LogP contribution is -2.23. The average molecular weight is 267 g/mol. The number of methoxy groups -OCH3 is 1. The summed E-state index contributed by atoms with van der Waals surface area (Å²) in [5.74, 6) is 0. The summed E-state index contributed by atoms with van der Waals surface area (Å²) in [6, 6.07) is 8.58. The number of hydrogen-bond acceptors (Lipinski definition) is 4. The van der Waals surface area contributed by atoms with E-state index in [0.717, 1.165) is 0 Å². The molecule has 0 spiro atoms. The van der Waals surface area contributed by atoms with Crippen LogP contribution >= 0.6 is 0 Å². The van der Waals surface area contributed by atoms with Gasteiger partial charge >= 0.3 is 0 Å². The number of rotatable bonds is 10. The Balaban J connectivity index is 2.24. The van der Waals surface area contributed by atoms with Crippen molar-refractivity contribution in [2.24, 2.45) is 0 Å². The summed E-state index contributed by atoms with van der Waals surface area (Å²) in [7, 11) is 3.62. The van der Waals surface area contributed by atoms with Crippen LogP contribution in [0.4, 0.5) is 0 Å². The van der Waals surface area contributed by atoms with Gasteiger partial charge in [0.25, 0.3) is 0 Å². The van der Waals surface area contributed by atoms with Gasteiger partial charge in [-0.15, -0.1) is 0 Å². The highest BCUT2D eigenvalue weighted by Crippen LogP contribution is 2.17. The molecule has 108 valence electrons. The fourth-order valence-corrected chi connectivity index (χ4v) is 1.87. The summed E-state index contributed by atoms with van der Waals surface area (Å²) < 4.78 is 15.9. The van der Waals surface area contributed by atoms with Crippen LogP contribution in [0.1, 0.15) is 17.2 Å². The molecular weight excluding hydrogens is 242 g/mol. The number of benzene rings is 1. The first-order valence-corrected chi connectivity index (χ1v) is 6.66. The highest BCUT2D eigenvalue weighted by molar-refractivity contribution is 5.28. The third-order valence-electron chi connectivity index (χ3n) is 3.00. The fraction of sp³-hybridized carbons (Fsp3) is 0.600. The van der Waals surface area contributed by atoms with E-state index in [1.54, 1.807) is 7.11 Å². The Morgan fingerprint density at radius 1 is 1.05 bits per heavy atom. The van der Waals surface area contributed by atoms with Gasteiger partial charge in [0, 0.05) is 7.11 Å². The first-order valence-electron chi connectivity index (χ1n) is 6.66. The number of likely N-dealkylation sites (N-methyl/N-ethyl adjacent to an activating group) is 1. The second-order valence-corrected chi connectivity index (χ2v) is 4.38. The molecule has 1 aromatic carbocycles. The van der Waals surface area contributed by atoms with Gasteiger partial charge in [-0.1, -0.05) is 24.3 Å². The van der Waals surface area contributed by atoms with Gasteiger partial charge in [-0.25, -0.2) is 0 Å². The molecule has 4 heteroatoms. The van der Waals surface area contributed by atoms with E-state index in [4.69, 9.17) is 14.2 Å². The minimum Gasteiger partial charge on any atom is -0.382 e. The Bertz CT molecular complexity index is 344. The van der Waals surface area contributed by atoms with Gasteiger partial charge in [-0.3, -0.25) is 0 Å². The summed E-state index contributed by atoms with van der Waals surface area (Å²) >= 11 is 0. The molecule has 0 fully saturated rings. The van der Waals surface area contributed by atoms with E-state index in [1.165, 1.54) is 11.1 Å². The molecular formula is C15H25NO3. The SMILES string of the molecule is CNC(COCCOCCOC)c1ccccc1C. The molecule has 19 heavy (non-hydrogen) atoms. The van der Waals surface area contributed by atoms with Crippen molar-refractivity contribution in [1.29, 1.82) is 0 Å². The molecule has 0 aliphatic rings. The van der Waals surface area contributed by atoms with Gasteiger partial charge in [0.05, 0.1) is 39.1 Å². The zero-order valence-electron chi connectivity index (χ0n) is 12.1. The first kappa shape index (κ1) is 16.1. The number of aryl methyl sites for hydroxylation is 1. The molecule has 0 amide bonds. The second kappa shape index (κ2) is 9.92. The minimum absolute atomic E-state index is 0.222. The minimum atomic E-state index is 0.222. The van der Waals surface area contributed by atoms with Gasteiger partial charge in [0.15, 0.2) is 0 Å². The lowest BCUT2D eigenvalue weighted by atomic mass is 10.0. The zero-order valence-corrected chi connectivity index (χ0v) is 12.1. The molecule has 1 rings (SSSR count). The van der Waals surface area contributed by atoms with Crippen LogP contribution in [-0.4, -0.2) is 47.2 Å². The molecule has 1 aromatic rings. The molecule has 0 bridgehead atoms. The smallest absolute Gasteiger partial charge is 0.0701 e. The van der Waals surface area contributed by atoms with Crippen LogP contribution in [-0.2, 0) is 14.2 Å². The van der Waals surface area contributed by atoms with Crippen LogP contribution < -0.4 is 5.32 Å². The van der Waals surface area contributed by atoms with Crippen LogP contribution in [0.3, 0.4) is 0 Å². The second-order valence-electron chi connectivity index (χ2n) is 4.38. The van der Waals surface area contributed by atoms with E-state index in [-0.39, 0.29) is 6.04 Å². The predicted molar refractivity (Wildman–Crippen MR) is 76.5 cm³/mol. The van der Waals surface area contributed by atoms with Crippen molar-refractivity contribution in [2.45, 2.75) is 13.0 Å². The largest absolute Gasteiger partial charge is 0.382 e. The average Bonchev–Trinajstić information content (AvgIpc) is 2.43. The zero-order chi connectivity index (χ0) is 13.9. The van der Waals surface area contributed by atoms with Gasteiger partial charge in [0.1, 0.15) is 0 Å². The highest BCUT2D eigenvalue weighted by Gasteiger charge is 2.10. The van der Waals surface area contributed by atoms with Gasteiger partial charge in [-0.05, 0) is 25.1 Å². The molecule has 1 N–H and O–H groups in total. The van der Waals surface area contributed by atoms with E-state index in [0.29, 0.717) is 33.0 Å². The Hall–Kier alpha value is -0.940. The maximum absolute atomic E-state index is 5.65. The van der Waals surface area contributed by atoms with Crippen LogP contribution in [0.5, 0.6) is 0 Å². The van der Waals surface area contributed by atoms with E-state index in [1.807, 2.05) is 7.05 Å². The molecule has 0 saturated heterocycles. The summed E-state index contributed by atoms with van der Waals surface area (Å²) in [4.78, 5) is 0. The lowest BCUT2D eigenvalue weighted by Gasteiger charge is -2.18. The molecule has 1 unspecified atom stereocenters.